The van der Waals surface area contributed by atoms with Crippen LogP contribution in [0.3, 0.4) is 0 Å². The molecule has 100 valence electrons. The number of likely N-dealkylation sites (tertiary alicyclic amines) is 1. The molecule has 2 atom stereocenters. The van der Waals surface area contributed by atoms with Crippen molar-refractivity contribution in [3.8, 4) is 0 Å². The van der Waals surface area contributed by atoms with Gasteiger partial charge in [0.1, 0.15) is 0 Å². The van der Waals surface area contributed by atoms with Gasteiger partial charge in [0.25, 0.3) is 0 Å². The van der Waals surface area contributed by atoms with E-state index in [1.54, 1.807) is 0 Å². The molecule has 2 N–H and O–H groups in total. The highest BCUT2D eigenvalue weighted by molar-refractivity contribution is 9.10. The van der Waals surface area contributed by atoms with Gasteiger partial charge in [0, 0.05) is 15.5 Å². The molecule has 0 saturated carbocycles. The largest absolute Gasteiger partial charge is 0.326 e. The fraction of sp³-hybridized carbons (Fsp3) is 0.571. The zero-order chi connectivity index (χ0) is 13.1. The molecule has 0 amide bonds. The van der Waals surface area contributed by atoms with Crippen LogP contribution < -0.4 is 5.73 Å². The van der Waals surface area contributed by atoms with Crippen molar-refractivity contribution >= 4 is 27.5 Å². The van der Waals surface area contributed by atoms with Crippen molar-refractivity contribution in [2.75, 3.05) is 13.1 Å². The van der Waals surface area contributed by atoms with Gasteiger partial charge < -0.3 is 5.73 Å². The molecule has 1 saturated heterocycles. The van der Waals surface area contributed by atoms with Crippen LogP contribution in [0.5, 0.6) is 0 Å². The summed E-state index contributed by atoms with van der Waals surface area (Å²) in [6.07, 6.45) is 3.53. The lowest BCUT2D eigenvalue weighted by molar-refractivity contribution is 0.195. The Morgan fingerprint density at radius 2 is 2.22 bits per heavy atom. The summed E-state index contributed by atoms with van der Waals surface area (Å²) in [7, 11) is 0. The van der Waals surface area contributed by atoms with Gasteiger partial charge in [-0.05, 0) is 49.7 Å². The number of benzene rings is 1. The fourth-order valence-electron chi connectivity index (χ4n) is 2.79. The Balaban J connectivity index is 2.39. The van der Waals surface area contributed by atoms with Crippen molar-refractivity contribution in [2.24, 2.45) is 5.73 Å². The van der Waals surface area contributed by atoms with Crippen LogP contribution in [0.25, 0.3) is 0 Å². The van der Waals surface area contributed by atoms with Crippen molar-refractivity contribution in [2.45, 2.75) is 38.3 Å². The Hall–Kier alpha value is -0.0900. The molecule has 1 aliphatic heterocycles. The van der Waals surface area contributed by atoms with E-state index in [1.807, 2.05) is 18.2 Å². The van der Waals surface area contributed by atoms with Gasteiger partial charge in [-0.3, -0.25) is 4.90 Å². The van der Waals surface area contributed by atoms with Crippen LogP contribution in [-0.2, 0) is 0 Å². The Morgan fingerprint density at radius 1 is 1.44 bits per heavy atom. The van der Waals surface area contributed by atoms with Crippen LogP contribution in [0, 0.1) is 0 Å². The van der Waals surface area contributed by atoms with Gasteiger partial charge in [0.2, 0.25) is 0 Å². The fourth-order valence-corrected chi connectivity index (χ4v) is 3.45. The van der Waals surface area contributed by atoms with E-state index in [0.717, 1.165) is 29.0 Å². The molecule has 4 heteroatoms. The quantitative estimate of drug-likeness (QED) is 0.888. The Morgan fingerprint density at radius 3 is 2.94 bits per heavy atom. The summed E-state index contributed by atoms with van der Waals surface area (Å²) in [6, 6.07) is 6.42. The van der Waals surface area contributed by atoms with Gasteiger partial charge in [-0.15, -0.1) is 0 Å². The standard InChI is InChI=1S/C14H20BrClN2/c1-2-18-8-4-3-5-13(17)14(18)11-9-10(16)6-7-12(11)15/h6-7,9,13-14H,2-5,8,17H2,1H3. The maximum atomic E-state index is 6.39. The predicted molar refractivity (Wildman–Crippen MR) is 81.0 cm³/mol. The number of hydrogen-bond acceptors (Lipinski definition) is 2. The maximum absolute atomic E-state index is 6.39. The van der Waals surface area contributed by atoms with E-state index < -0.39 is 0 Å². The van der Waals surface area contributed by atoms with Crippen LogP contribution in [0.1, 0.15) is 37.8 Å². The molecule has 0 radical (unpaired) electrons. The third-order valence-corrected chi connectivity index (χ3v) is 4.67. The summed E-state index contributed by atoms with van der Waals surface area (Å²) < 4.78 is 1.10. The third-order valence-electron chi connectivity index (χ3n) is 3.71. The number of rotatable bonds is 2. The Kier molecular flexibility index (Phi) is 5.07. The first-order chi connectivity index (χ1) is 8.63. The maximum Gasteiger partial charge on any atom is 0.0510 e. The first kappa shape index (κ1) is 14.3. The van der Waals surface area contributed by atoms with Gasteiger partial charge in [-0.25, -0.2) is 0 Å². The van der Waals surface area contributed by atoms with Crippen molar-refractivity contribution in [3.05, 3.63) is 33.3 Å². The van der Waals surface area contributed by atoms with E-state index in [4.69, 9.17) is 17.3 Å². The number of hydrogen-bond donors (Lipinski definition) is 1. The Bertz CT molecular complexity index is 411. The summed E-state index contributed by atoms with van der Waals surface area (Å²) in [4.78, 5) is 2.47. The van der Waals surface area contributed by atoms with E-state index in [1.165, 1.54) is 18.4 Å². The van der Waals surface area contributed by atoms with Crippen LogP contribution in [0.2, 0.25) is 5.02 Å². The lowest BCUT2D eigenvalue weighted by Crippen LogP contribution is -2.39. The molecule has 1 aliphatic rings. The first-order valence-corrected chi connectivity index (χ1v) is 7.75. The molecule has 0 aliphatic carbocycles. The second kappa shape index (κ2) is 6.38. The minimum atomic E-state index is 0.183. The van der Waals surface area contributed by atoms with Gasteiger partial charge in [0.05, 0.1) is 6.04 Å². The van der Waals surface area contributed by atoms with E-state index in [0.29, 0.717) is 0 Å². The monoisotopic (exact) mass is 330 g/mol. The first-order valence-electron chi connectivity index (χ1n) is 6.58. The number of nitrogens with two attached hydrogens (primary N) is 1. The van der Waals surface area contributed by atoms with Crippen molar-refractivity contribution in [3.63, 3.8) is 0 Å². The highest BCUT2D eigenvalue weighted by Crippen LogP contribution is 2.35. The SMILES string of the molecule is CCN1CCCCC(N)C1c1cc(Cl)ccc1Br. The van der Waals surface area contributed by atoms with Gasteiger partial charge >= 0.3 is 0 Å². The van der Waals surface area contributed by atoms with Gasteiger partial charge in [-0.1, -0.05) is 40.9 Å². The average molecular weight is 332 g/mol. The molecule has 1 heterocycles. The summed E-state index contributed by atoms with van der Waals surface area (Å²) in [5.74, 6) is 0. The molecule has 2 unspecified atom stereocenters. The summed E-state index contributed by atoms with van der Waals surface area (Å²) in [5.41, 5.74) is 7.61. The normalized spacial score (nSPS) is 26.0. The highest BCUT2D eigenvalue weighted by atomic mass is 79.9. The molecule has 1 fully saturated rings. The average Bonchev–Trinajstić information content (AvgIpc) is 2.54. The Labute approximate surface area is 123 Å². The summed E-state index contributed by atoms with van der Waals surface area (Å²) in [5, 5.41) is 0.778. The predicted octanol–water partition coefficient (Wildman–Crippen LogP) is 3.98. The van der Waals surface area contributed by atoms with Crippen LogP contribution in [0.4, 0.5) is 0 Å². The topological polar surface area (TPSA) is 29.3 Å². The van der Waals surface area contributed by atoms with E-state index in [9.17, 15) is 0 Å². The van der Waals surface area contributed by atoms with E-state index in [-0.39, 0.29) is 12.1 Å². The summed E-state index contributed by atoms with van der Waals surface area (Å²) >= 11 is 9.77. The van der Waals surface area contributed by atoms with Crippen molar-refractivity contribution in [1.29, 1.82) is 0 Å². The number of halogens is 2. The molecule has 2 rings (SSSR count). The molecule has 1 aromatic rings. The molecule has 2 nitrogen and oxygen atoms in total. The number of likely N-dealkylation sites (N-methyl/N-ethyl adjacent to an activating group) is 1. The molecule has 18 heavy (non-hydrogen) atoms. The second-order valence-corrected chi connectivity index (χ2v) is 6.19. The van der Waals surface area contributed by atoms with E-state index >= 15 is 0 Å². The van der Waals surface area contributed by atoms with Crippen LogP contribution >= 0.6 is 27.5 Å². The van der Waals surface area contributed by atoms with Gasteiger partial charge in [-0.2, -0.15) is 0 Å². The highest BCUT2D eigenvalue weighted by Gasteiger charge is 2.29. The zero-order valence-corrected chi connectivity index (χ0v) is 13.0. The van der Waals surface area contributed by atoms with Crippen LogP contribution in [0.15, 0.2) is 22.7 Å². The molecule has 1 aromatic carbocycles. The van der Waals surface area contributed by atoms with Crippen molar-refractivity contribution < 1.29 is 0 Å². The van der Waals surface area contributed by atoms with Gasteiger partial charge in [0.15, 0.2) is 0 Å². The van der Waals surface area contributed by atoms with Crippen molar-refractivity contribution in [1.82, 2.24) is 4.90 Å². The third kappa shape index (κ3) is 3.08. The lowest BCUT2D eigenvalue weighted by Gasteiger charge is -2.33. The molecule has 0 spiro atoms. The summed E-state index contributed by atoms with van der Waals surface area (Å²) in [6.45, 7) is 4.34. The lowest BCUT2D eigenvalue weighted by atomic mass is 9.96. The van der Waals surface area contributed by atoms with E-state index in [2.05, 4.69) is 27.8 Å². The smallest absolute Gasteiger partial charge is 0.0510 e. The zero-order valence-electron chi connectivity index (χ0n) is 10.7. The molecular weight excluding hydrogens is 312 g/mol. The molecular formula is C14H20BrClN2. The minimum absolute atomic E-state index is 0.183. The second-order valence-electron chi connectivity index (χ2n) is 4.90. The molecule has 0 aromatic heterocycles. The molecule has 0 bridgehead atoms. The minimum Gasteiger partial charge on any atom is -0.326 e. The van der Waals surface area contributed by atoms with Crippen LogP contribution in [-0.4, -0.2) is 24.0 Å². The number of nitrogens with zero attached hydrogens (tertiary/aromatic N) is 1.